The van der Waals surface area contributed by atoms with Crippen molar-refractivity contribution >= 4 is 34.7 Å². The average Bonchev–Trinajstić information content (AvgIpc) is 2.62. The first-order valence-electron chi connectivity index (χ1n) is 8.64. The van der Waals surface area contributed by atoms with E-state index in [1.807, 2.05) is 25.1 Å². The minimum Gasteiger partial charge on any atom is -0.462 e. The monoisotopic (exact) mass is 364 g/mol. The highest BCUT2D eigenvalue weighted by atomic mass is 32.1. The van der Waals surface area contributed by atoms with Crippen LogP contribution in [0, 0.1) is 0 Å². The van der Waals surface area contributed by atoms with Gasteiger partial charge in [-0.1, -0.05) is 61.3 Å². The van der Waals surface area contributed by atoms with E-state index in [2.05, 4.69) is 37.8 Å². The van der Waals surface area contributed by atoms with Crippen LogP contribution in [0.25, 0.3) is 11.6 Å². The van der Waals surface area contributed by atoms with E-state index in [0.29, 0.717) is 12.2 Å². The van der Waals surface area contributed by atoms with Crippen LogP contribution >= 0.6 is 12.2 Å². The summed E-state index contributed by atoms with van der Waals surface area (Å²) in [6, 6.07) is 15.8. The quantitative estimate of drug-likeness (QED) is 0.264. The Kier molecular flexibility index (Phi) is 7.05. The molecule has 0 bridgehead atoms. The Hall–Kier alpha value is -2.52. The maximum absolute atomic E-state index is 11.7. The largest absolute Gasteiger partial charge is 0.462 e. The molecule has 0 unspecified atom stereocenters. The maximum atomic E-state index is 11.7. The zero-order valence-electron chi connectivity index (χ0n) is 15.5. The lowest BCUT2D eigenvalue weighted by molar-refractivity contribution is 0.0526. The van der Waals surface area contributed by atoms with E-state index in [0.717, 1.165) is 33.6 Å². The Morgan fingerprint density at radius 1 is 1.12 bits per heavy atom. The molecule has 0 fully saturated rings. The Bertz CT molecular complexity index is 845. The zero-order valence-corrected chi connectivity index (χ0v) is 16.4. The van der Waals surface area contributed by atoms with Crippen LogP contribution in [-0.4, -0.2) is 17.4 Å². The molecule has 134 valence electrons. The summed E-state index contributed by atoms with van der Waals surface area (Å²) in [5.74, 6) is -0.291. The molecule has 0 saturated heterocycles. The van der Waals surface area contributed by atoms with Crippen LogP contribution in [0.3, 0.4) is 0 Å². The summed E-state index contributed by atoms with van der Waals surface area (Å²) < 4.78 is 5.01. The molecule has 2 aromatic carbocycles. The predicted molar refractivity (Wildman–Crippen MR) is 114 cm³/mol. The number of thiocarbonyl (C=S) groups is 1. The fourth-order valence-corrected chi connectivity index (χ4v) is 2.69. The van der Waals surface area contributed by atoms with Crippen molar-refractivity contribution in [3.8, 4) is 0 Å². The Morgan fingerprint density at radius 2 is 1.81 bits per heavy atom. The van der Waals surface area contributed by atoms with Gasteiger partial charge in [0.25, 0.3) is 0 Å². The molecule has 0 amide bonds. The highest BCUT2D eigenvalue weighted by Gasteiger charge is 2.06. The third-order valence-electron chi connectivity index (χ3n) is 4.03. The molecule has 26 heavy (non-hydrogen) atoms. The van der Waals surface area contributed by atoms with Gasteiger partial charge in [-0.2, -0.15) is 0 Å². The van der Waals surface area contributed by atoms with Gasteiger partial charge in [-0.05, 0) is 60.7 Å². The summed E-state index contributed by atoms with van der Waals surface area (Å²) in [6.45, 7) is 10.1. The summed E-state index contributed by atoms with van der Waals surface area (Å²) in [4.78, 5) is 12.6. The van der Waals surface area contributed by atoms with E-state index >= 15 is 0 Å². The van der Waals surface area contributed by atoms with Crippen molar-refractivity contribution in [2.45, 2.75) is 27.2 Å². The highest BCUT2D eigenvalue weighted by molar-refractivity contribution is 7.80. The van der Waals surface area contributed by atoms with Crippen molar-refractivity contribution in [3.05, 3.63) is 82.9 Å². The van der Waals surface area contributed by atoms with E-state index in [1.165, 1.54) is 5.56 Å². The normalized spacial score (nSPS) is 11.1. The topological polar surface area (TPSA) is 26.3 Å². The number of esters is 1. The zero-order chi connectivity index (χ0) is 19.1. The Morgan fingerprint density at radius 3 is 2.42 bits per heavy atom. The average molecular weight is 365 g/mol. The number of carbonyl (C=O) groups is 1. The molecule has 0 atom stereocenters. The fourth-order valence-electron chi connectivity index (χ4n) is 2.53. The smallest absolute Gasteiger partial charge is 0.338 e. The van der Waals surface area contributed by atoms with E-state index in [1.54, 1.807) is 19.1 Å². The van der Waals surface area contributed by atoms with Gasteiger partial charge < -0.3 is 4.74 Å². The summed E-state index contributed by atoms with van der Waals surface area (Å²) in [5.41, 5.74) is 6.04. The Balaban J connectivity index is 2.17. The van der Waals surface area contributed by atoms with Gasteiger partial charge in [-0.15, -0.1) is 0 Å². The first kappa shape index (κ1) is 19.8. The van der Waals surface area contributed by atoms with Crippen LogP contribution in [0.5, 0.6) is 0 Å². The lowest BCUT2D eigenvalue weighted by Gasteiger charge is -2.08. The number of allylic oxidation sites excluding steroid dienone is 2. The molecule has 0 aromatic heterocycles. The van der Waals surface area contributed by atoms with Crippen LogP contribution in [0.1, 0.15) is 47.8 Å². The third-order valence-corrected chi connectivity index (χ3v) is 4.52. The molecule has 2 rings (SSSR count). The molecule has 0 N–H and O–H groups in total. The van der Waals surface area contributed by atoms with Crippen LogP contribution in [0.4, 0.5) is 0 Å². The van der Waals surface area contributed by atoms with Gasteiger partial charge in [0, 0.05) is 11.3 Å². The van der Waals surface area contributed by atoms with Gasteiger partial charge in [0.05, 0.1) is 12.2 Å². The van der Waals surface area contributed by atoms with Crippen LogP contribution in [-0.2, 0) is 11.2 Å². The van der Waals surface area contributed by atoms with E-state index < -0.39 is 0 Å². The molecule has 2 nitrogen and oxygen atoms in total. The molecular formula is C23H24O2S. The minimum atomic E-state index is -0.291. The third kappa shape index (κ3) is 5.50. The molecule has 0 spiro atoms. The van der Waals surface area contributed by atoms with E-state index in [9.17, 15) is 4.79 Å². The van der Waals surface area contributed by atoms with Crippen molar-refractivity contribution in [3.63, 3.8) is 0 Å². The van der Waals surface area contributed by atoms with Gasteiger partial charge in [0.1, 0.15) is 0 Å². The number of carbonyl (C=O) groups excluding carboxylic acids is 1. The number of ether oxygens (including phenoxy) is 1. The summed E-state index contributed by atoms with van der Waals surface area (Å²) >= 11 is 5.37. The molecule has 0 saturated carbocycles. The first-order valence-corrected chi connectivity index (χ1v) is 9.05. The summed E-state index contributed by atoms with van der Waals surface area (Å²) in [6.07, 6.45) is 2.84. The number of benzene rings is 2. The number of hydrogen-bond acceptors (Lipinski definition) is 3. The van der Waals surface area contributed by atoms with Gasteiger partial charge in [0.15, 0.2) is 0 Å². The molecule has 0 heterocycles. The second-order valence-corrected chi connectivity index (χ2v) is 6.74. The highest BCUT2D eigenvalue weighted by Crippen LogP contribution is 2.20. The van der Waals surface area contributed by atoms with Crippen molar-refractivity contribution in [2.75, 3.05) is 6.61 Å². The molecule has 2 aromatic rings. The summed E-state index contributed by atoms with van der Waals surface area (Å²) in [5, 5.41) is 0. The van der Waals surface area contributed by atoms with Crippen molar-refractivity contribution < 1.29 is 9.53 Å². The SMILES string of the molecule is C=C(C)C(=S)Cc1cccc(/C(C)=C/c2ccc(C(=O)OCC)cc2)c1. The van der Waals surface area contributed by atoms with E-state index in [4.69, 9.17) is 17.0 Å². The maximum Gasteiger partial charge on any atom is 0.338 e. The fraction of sp³-hybridized carbons (Fsp3) is 0.217. The predicted octanol–water partition coefficient (Wildman–Crippen LogP) is 5.91. The standard InChI is InChI=1S/C23H24O2S/c1-5-25-23(24)20-11-9-18(10-12-20)13-17(4)21-8-6-7-19(14-21)15-22(26)16(2)3/h6-14H,2,5,15H2,1,3-4H3/b17-13+. The minimum absolute atomic E-state index is 0.291. The second-order valence-electron chi connectivity index (χ2n) is 6.25. The lowest BCUT2D eigenvalue weighted by Crippen LogP contribution is -2.04. The summed E-state index contributed by atoms with van der Waals surface area (Å²) in [7, 11) is 0. The second kappa shape index (κ2) is 9.25. The van der Waals surface area contributed by atoms with Crippen LogP contribution in [0.2, 0.25) is 0 Å². The van der Waals surface area contributed by atoms with Crippen LogP contribution < -0.4 is 0 Å². The molecule has 0 aliphatic rings. The molecule has 0 aliphatic carbocycles. The van der Waals surface area contributed by atoms with Crippen molar-refractivity contribution in [2.24, 2.45) is 0 Å². The number of rotatable bonds is 7. The molecule has 3 heteroatoms. The van der Waals surface area contributed by atoms with Gasteiger partial charge in [-0.3, -0.25) is 0 Å². The first-order chi connectivity index (χ1) is 12.4. The Labute approximate surface area is 161 Å². The molecule has 0 aliphatic heterocycles. The van der Waals surface area contributed by atoms with Crippen molar-refractivity contribution in [1.82, 2.24) is 0 Å². The van der Waals surface area contributed by atoms with Gasteiger partial charge in [-0.25, -0.2) is 4.79 Å². The lowest BCUT2D eigenvalue weighted by atomic mass is 9.99. The van der Waals surface area contributed by atoms with Gasteiger partial charge in [0.2, 0.25) is 0 Å². The van der Waals surface area contributed by atoms with E-state index in [-0.39, 0.29) is 5.97 Å². The van der Waals surface area contributed by atoms with Gasteiger partial charge >= 0.3 is 5.97 Å². The molecule has 0 radical (unpaired) electrons. The molecular weight excluding hydrogens is 340 g/mol. The number of hydrogen-bond donors (Lipinski definition) is 0. The van der Waals surface area contributed by atoms with Crippen molar-refractivity contribution in [1.29, 1.82) is 0 Å². The van der Waals surface area contributed by atoms with Crippen LogP contribution in [0.15, 0.2) is 60.7 Å².